The molecular formula is C17H35NO. The monoisotopic (exact) mass is 269 g/mol. The van der Waals surface area contributed by atoms with Crippen molar-refractivity contribution in [3.63, 3.8) is 0 Å². The first kappa shape index (κ1) is 17.0. The Morgan fingerprint density at radius 1 is 1.21 bits per heavy atom. The number of unbranched alkanes of at least 4 members (excludes halogenated alkanes) is 3. The number of nitrogens with one attached hydrogen (secondary N) is 1. The maximum atomic E-state index is 6.31. The average Bonchev–Trinajstić information content (AvgIpc) is 2.41. The minimum absolute atomic E-state index is 0.341. The number of hydrogen-bond acceptors (Lipinski definition) is 2. The average molecular weight is 269 g/mol. The van der Waals surface area contributed by atoms with Gasteiger partial charge in [-0.2, -0.15) is 0 Å². The van der Waals surface area contributed by atoms with Gasteiger partial charge in [0.15, 0.2) is 0 Å². The van der Waals surface area contributed by atoms with Crippen LogP contribution >= 0.6 is 0 Å². The SMILES string of the molecule is CCCCCCC(C)OC1CC(NCC)C1(C)CC. The van der Waals surface area contributed by atoms with Crippen LogP contribution in [-0.4, -0.2) is 24.8 Å². The van der Waals surface area contributed by atoms with Crippen molar-refractivity contribution in [3.05, 3.63) is 0 Å². The van der Waals surface area contributed by atoms with Gasteiger partial charge < -0.3 is 10.1 Å². The van der Waals surface area contributed by atoms with E-state index in [9.17, 15) is 0 Å². The Balaban J connectivity index is 2.29. The summed E-state index contributed by atoms with van der Waals surface area (Å²) in [5.74, 6) is 0. The maximum absolute atomic E-state index is 6.31. The van der Waals surface area contributed by atoms with E-state index in [2.05, 4.69) is 39.9 Å². The Bertz CT molecular complexity index is 243. The molecule has 0 saturated heterocycles. The number of hydrogen-bond donors (Lipinski definition) is 1. The molecule has 0 aromatic heterocycles. The van der Waals surface area contributed by atoms with Crippen molar-refractivity contribution in [2.75, 3.05) is 6.54 Å². The zero-order chi connectivity index (χ0) is 14.3. The highest BCUT2D eigenvalue weighted by molar-refractivity contribution is 5.04. The molecule has 2 heteroatoms. The molecule has 4 unspecified atom stereocenters. The van der Waals surface area contributed by atoms with E-state index in [1.54, 1.807) is 0 Å². The lowest BCUT2D eigenvalue weighted by atomic mass is 9.61. The molecule has 0 bridgehead atoms. The second-order valence-corrected chi connectivity index (χ2v) is 6.49. The number of ether oxygens (including phenoxy) is 1. The van der Waals surface area contributed by atoms with E-state index in [-0.39, 0.29) is 0 Å². The smallest absolute Gasteiger partial charge is 0.0662 e. The van der Waals surface area contributed by atoms with Crippen molar-refractivity contribution in [2.24, 2.45) is 5.41 Å². The molecule has 0 amide bonds. The quantitative estimate of drug-likeness (QED) is 0.588. The Labute approximate surface area is 120 Å². The molecule has 1 saturated carbocycles. The summed E-state index contributed by atoms with van der Waals surface area (Å²) in [7, 11) is 0. The summed E-state index contributed by atoms with van der Waals surface area (Å²) in [5, 5.41) is 3.61. The van der Waals surface area contributed by atoms with Crippen molar-refractivity contribution in [2.45, 2.75) is 97.8 Å². The Hall–Kier alpha value is -0.0800. The first-order valence-electron chi connectivity index (χ1n) is 8.47. The van der Waals surface area contributed by atoms with Gasteiger partial charge in [0.2, 0.25) is 0 Å². The fourth-order valence-electron chi connectivity index (χ4n) is 3.27. The predicted molar refractivity (Wildman–Crippen MR) is 83.6 cm³/mol. The van der Waals surface area contributed by atoms with Gasteiger partial charge in [0.05, 0.1) is 12.2 Å². The summed E-state index contributed by atoms with van der Waals surface area (Å²) < 4.78 is 6.31. The minimum atomic E-state index is 0.341. The third-order valence-corrected chi connectivity index (χ3v) is 5.05. The van der Waals surface area contributed by atoms with Crippen LogP contribution in [0, 0.1) is 5.41 Å². The largest absolute Gasteiger partial charge is 0.375 e. The predicted octanol–water partition coefficient (Wildman–Crippen LogP) is 4.53. The highest BCUT2D eigenvalue weighted by atomic mass is 16.5. The lowest BCUT2D eigenvalue weighted by Gasteiger charge is -2.54. The normalized spacial score (nSPS) is 32.1. The molecule has 4 atom stereocenters. The minimum Gasteiger partial charge on any atom is -0.375 e. The Kier molecular flexibility index (Phi) is 7.38. The highest BCUT2D eigenvalue weighted by Gasteiger charge is 2.51. The van der Waals surface area contributed by atoms with Gasteiger partial charge in [0, 0.05) is 11.5 Å². The molecule has 0 aromatic carbocycles. The van der Waals surface area contributed by atoms with E-state index in [4.69, 9.17) is 4.74 Å². The first-order valence-corrected chi connectivity index (χ1v) is 8.47. The van der Waals surface area contributed by atoms with E-state index in [0.717, 1.165) is 6.54 Å². The van der Waals surface area contributed by atoms with Gasteiger partial charge in [-0.05, 0) is 32.7 Å². The van der Waals surface area contributed by atoms with Crippen LogP contribution in [0.4, 0.5) is 0 Å². The van der Waals surface area contributed by atoms with E-state index in [0.29, 0.717) is 23.7 Å². The van der Waals surface area contributed by atoms with Crippen LogP contribution < -0.4 is 5.32 Å². The van der Waals surface area contributed by atoms with Gasteiger partial charge in [-0.15, -0.1) is 0 Å². The van der Waals surface area contributed by atoms with Gasteiger partial charge in [0.1, 0.15) is 0 Å². The molecule has 0 radical (unpaired) electrons. The number of rotatable bonds is 10. The van der Waals surface area contributed by atoms with Crippen LogP contribution in [0.15, 0.2) is 0 Å². The van der Waals surface area contributed by atoms with Gasteiger partial charge >= 0.3 is 0 Å². The maximum Gasteiger partial charge on any atom is 0.0662 e. The van der Waals surface area contributed by atoms with Crippen molar-refractivity contribution >= 4 is 0 Å². The zero-order valence-corrected chi connectivity index (χ0v) is 13.8. The van der Waals surface area contributed by atoms with E-state index < -0.39 is 0 Å². The van der Waals surface area contributed by atoms with Gasteiger partial charge in [-0.3, -0.25) is 0 Å². The molecule has 1 rings (SSSR count). The zero-order valence-electron chi connectivity index (χ0n) is 13.8. The topological polar surface area (TPSA) is 21.3 Å². The second kappa shape index (κ2) is 8.26. The highest BCUT2D eigenvalue weighted by Crippen LogP contribution is 2.46. The molecule has 0 spiro atoms. The summed E-state index contributed by atoms with van der Waals surface area (Å²) in [6.45, 7) is 12.5. The molecule has 0 heterocycles. The summed E-state index contributed by atoms with van der Waals surface area (Å²) in [4.78, 5) is 0. The lowest BCUT2D eigenvalue weighted by Crippen LogP contribution is -2.62. The van der Waals surface area contributed by atoms with E-state index in [1.807, 2.05) is 0 Å². The summed E-state index contributed by atoms with van der Waals surface area (Å²) in [5.41, 5.74) is 0.341. The molecule has 2 nitrogen and oxygen atoms in total. The van der Waals surface area contributed by atoms with E-state index in [1.165, 1.54) is 44.9 Å². The third-order valence-electron chi connectivity index (χ3n) is 5.05. The molecule has 19 heavy (non-hydrogen) atoms. The summed E-state index contributed by atoms with van der Waals surface area (Å²) in [6, 6.07) is 0.653. The van der Waals surface area contributed by atoms with Gasteiger partial charge in [-0.25, -0.2) is 0 Å². The second-order valence-electron chi connectivity index (χ2n) is 6.49. The first-order chi connectivity index (χ1) is 9.08. The Morgan fingerprint density at radius 2 is 1.95 bits per heavy atom. The Morgan fingerprint density at radius 3 is 2.53 bits per heavy atom. The van der Waals surface area contributed by atoms with Crippen LogP contribution in [0.2, 0.25) is 0 Å². The van der Waals surface area contributed by atoms with Crippen LogP contribution in [0.1, 0.15) is 79.6 Å². The molecule has 1 aliphatic carbocycles. The van der Waals surface area contributed by atoms with Crippen molar-refractivity contribution in [3.8, 4) is 0 Å². The van der Waals surface area contributed by atoms with E-state index >= 15 is 0 Å². The fraction of sp³-hybridized carbons (Fsp3) is 1.00. The summed E-state index contributed by atoms with van der Waals surface area (Å²) >= 11 is 0. The van der Waals surface area contributed by atoms with Crippen molar-refractivity contribution < 1.29 is 4.74 Å². The molecule has 1 aliphatic rings. The van der Waals surface area contributed by atoms with Crippen molar-refractivity contribution in [1.82, 2.24) is 5.32 Å². The molecule has 1 fully saturated rings. The van der Waals surface area contributed by atoms with Crippen LogP contribution in [0.5, 0.6) is 0 Å². The summed E-state index contributed by atoms with van der Waals surface area (Å²) in [6.07, 6.45) is 9.87. The van der Waals surface area contributed by atoms with Crippen LogP contribution in [-0.2, 0) is 4.74 Å². The van der Waals surface area contributed by atoms with Gasteiger partial charge in [0.25, 0.3) is 0 Å². The van der Waals surface area contributed by atoms with Crippen LogP contribution in [0.3, 0.4) is 0 Å². The van der Waals surface area contributed by atoms with Crippen LogP contribution in [0.25, 0.3) is 0 Å². The van der Waals surface area contributed by atoms with Gasteiger partial charge in [-0.1, -0.05) is 53.4 Å². The molecule has 1 N–H and O–H groups in total. The molecule has 0 aromatic rings. The third kappa shape index (κ3) is 4.46. The molecule has 0 aliphatic heterocycles. The standard InChI is InChI=1S/C17H35NO/c1-6-9-10-11-12-14(4)19-16-13-15(18-8-3)17(16,5)7-2/h14-16,18H,6-13H2,1-5H3. The molecule has 114 valence electrons. The molecular weight excluding hydrogens is 234 g/mol. The van der Waals surface area contributed by atoms with Crippen molar-refractivity contribution in [1.29, 1.82) is 0 Å². The lowest BCUT2D eigenvalue weighted by molar-refractivity contribution is -0.154. The fourth-order valence-corrected chi connectivity index (χ4v) is 3.27.